The smallest absolute Gasteiger partial charge is 0.227 e. The van der Waals surface area contributed by atoms with Gasteiger partial charge in [-0.2, -0.15) is 5.26 Å². The van der Waals surface area contributed by atoms with Gasteiger partial charge in [-0.1, -0.05) is 12.1 Å². The summed E-state index contributed by atoms with van der Waals surface area (Å²) in [6.45, 7) is 3.94. The summed E-state index contributed by atoms with van der Waals surface area (Å²) in [5.41, 5.74) is 1.50. The van der Waals surface area contributed by atoms with Crippen molar-refractivity contribution in [1.82, 2.24) is 9.80 Å². The van der Waals surface area contributed by atoms with Gasteiger partial charge in [0.2, 0.25) is 11.8 Å². The van der Waals surface area contributed by atoms with Gasteiger partial charge < -0.3 is 9.80 Å². The molecule has 0 bridgehead atoms. The van der Waals surface area contributed by atoms with Gasteiger partial charge in [0.05, 0.1) is 18.1 Å². The van der Waals surface area contributed by atoms with Gasteiger partial charge in [0.25, 0.3) is 0 Å². The van der Waals surface area contributed by atoms with Gasteiger partial charge in [0.15, 0.2) is 0 Å². The van der Waals surface area contributed by atoms with Crippen LogP contribution in [0.25, 0.3) is 0 Å². The van der Waals surface area contributed by atoms with Gasteiger partial charge in [0.1, 0.15) is 0 Å². The molecule has 1 fully saturated rings. The first-order valence-electron chi connectivity index (χ1n) is 6.62. The minimum Gasteiger partial charge on any atom is -0.339 e. The van der Waals surface area contributed by atoms with Crippen LogP contribution in [0, 0.1) is 11.3 Å². The van der Waals surface area contributed by atoms with Gasteiger partial charge in [-0.15, -0.1) is 0 Å². The molecule has 0 unspecified atom stereocenters. The molecule has 1 aliphatic rings. The van der Waals surface area contributed by atoms with Gasteiger partial charge >= 0.3 is 0 Å². The molecule has 0 atom stereocenters. The van der Waals surface area contributed by atoms with E-state index in [4.69, 9.17) is 5.26 Å². The summed E-state index contributed by atoms with van der Waals surface area (Å²) in [5, 5.41) is 8.73. The predicted octanol–water partition coefficient (Wildman–Crippen LogP) is 0.791. The van der Waals surface area contributed by atoms with Gasteiger partial charge in [-0.25, -0.2) is 0 Å². The summed E-state index contributed by atoms with van der Waals surface area (Å²) in [4.78, 5) is 26.9. The Labute approximate surface area is 118 Å². The normalized spacial score (nSPS) is 14.8. The van der Waals surface area contributed by atoms with E-state index in [1.165, 1.54) is 0 Å². The zero-order valence-corrected chi connectivity index (χ0v) is 11.5. The van der Waals surface area contributed by atoms with Crippen molar-refractivity contribution in [2.45, 2.75) is 13.3 Å². The zero-order chi connectivity index (χ0) is 14.5. The fourth-order valence-corrected chi connectivity index (χ4v) is 2.25. The van der Waals surface area contributed by atoms with Gasteiger partial charge in [0, 0.05) is 33.1 Å². The van der Waals surface area contributed by atoms with Gasteiger partial charge in [-0.05, 0) is 17.7 Å². The van der Waals surface area contributed by atoms with Crippen molar-refractivity contribution in [2.75, 3.05) is 26.2 Å². The van der Waals surface area contributed by atoms with E-state index in [9.17, 15) is 9.59 Å². The number of piperazine rings is 1. The van der Waals surface area contributed by atoms with E-state index in [0.29, 0.717) is 38.2 Å². The predicted molar refractivity (Wildman–Crippen MR) is 73.7 cm³/mol. The van der Waals surface area contributed by atoms with Crippen LogP contribution in [0.4, 0.5) is 0 Å². The SMILES string of the molecule is CC(=O)N1CCN(C(=O)Cc2ccc(C#N)cc2)CC1. The average Bonchev–Trinajstić information content (AvgIpc) is 2.48. The minimum absolute atomic E-state index is 0.0594. The van der Waals surface area contributed by atoms with E-state index in [0.717, 1.165) is 5.56 Å². The van der Waals surface area contributed by atoms with Crippen LogP contribution in [0.5, 0.6) is 0 Å². The number of hydrogen-bond acceptors (Lipinski definition) is 3. The molecule has 0 spiro atoms. The van der Waals surface area contributed by atoms with E-state index < -0.39 is 0 Å². The fourth-order valence-electron chi connectivity index (χ4n) is 2.25. The number of carbonyl (C=O) groups is 2. The summed E-state index contributed by atoms with van der Waals surface area (Å²) in [6, 6.07) is 9.11. The minimum atomic E-state index is 0.0594. The molecule has 1 saturated heterocycles. The van der Waals surface area contributed by atoms with Crippen molar-refractivity contribution in [2.24, 2.45) is 0 Å². The highest BCUT2D eigenvalue weighted by Gasteiger charge is 2.22. The summed E-state index contributed by atoms with van der Waals surface area (Å²) in [6.07, 6.45) is 0.339. The van der Waals surface area contributed by atoms with E-state index >= 15 is 0 Å². The van der Waals surface area contributed by atoms with Crippen molar-refractivity contribution in [1.29, 1.82) is 5.26 Å². The molecule has 0 radical (unpaired) electrons. The standard InChI is InChI=1S/C15H17N3O2/c1-12(19)17-6-8-18(9-7-17)15(20)10-13-2-4-14(11-16)5-3-13/h2-5H,6-10H2,1H3. The van der Waals surface area contributed by atoms with E-state index in [-0.39, 0.29) is 11.8 Å². The Morgan fingerprint density at radius 3 is 2.15 bits per heavy atom. The molecule has 0 aliphatic carbocycles. The second kappa shape index (κ2) is 6.20. The van der Waals surface area contributed by atoms with E-state index in [2.05, 4.69) is 6.07 Å². The maximum Gasteiger partial charge on any atom is 0.227 e. The second-order valence-electron chi connectivity index (χ2n) is 4.87. The third-order valence-electron chi connectivity index (χ3n) is 3.52. The molecule has 1 aliphatic heterocycles. The summed E-state index contributed by atoms with van der Waals surface area (Å²) >= 11 is 0. The Morgan fingerprint density at radius 1 is 1.10 bits per heavy atom. The molecule has 2 amide bonds. The number of hydrogen-bond donors (Lipinski definition) is 0. The molecule has 104 valence electrons. The van der Waals surface area contributed by atoms with Crippen LogP contribution in [0.2, 0.25) is 0 Å². The largest absolute Gasteiger partial charge is 0.339 e. The van der Waals surface area contributed by atoms with Crippen LogP contribution in [0.3, 0.4) is 0 Å². The lowest BCUT2D eigenvalue weighted by Gasteiger charge is -2.34. The Bertz CT molecular complexity index is 537. The number of carbonyl (C=O) groups excluding carboxylic acids is 2. The lowest BCUT2D eigenvalue weighted by atomic mass is 10.1. The maximum atomic E-state index is 12.2. The highest BCUT2D eigenvalue weighted by atomic mass is 16.2. The second-order valence-corrected chi connectivity index (χ2v) is 4.87. The molecule has 5 nitrogen and oxygen atoms in total. The van der Waals surface area contributed by atoms with Crippen LogP contribution < -0.4 is 0 Å². The quantitative estimate of drug-likeness (QED) is 0.799. The van der Waals surface area contributed by atoms with Crippen molar-refractivity contribution in [3.05, 3.63) is 35.4 Å². The molecule has 1 heterocycles. The average molecular weight is 271 g/mol. The van der Waals surface area contributed by atoms with Crippen molar-refractivity contribution >= 4 is 11.8 Å². The number of rotatable bonds is 2. The summed E-state index contributed by atoms with van der Waals surface area (Å²) in [5.74, 6) is 0.127. The van der Waals surface area contributed by atoms with Gasteiger partial charge in [-0.3, -0.25) is 9.59 Å². The first kappa shape index (κ1) is 14.1. The Balaban J connectivity index is 1.89. The van der Waals surface area contributed by atoms with E-state index in [1.807, 2.05) is 12.1 Å². The number of benzene rings is 1. The highest BCUT2D eigenvalue weighted by Crippen LogP contribution is 2.08. The highest BCUT2D eigenvalue weighted by molar-refractivity contribution is 5.79. The Morgan fingerprint density at radius 2 is 1.65 bits per heavy atom. The lowest BCUT2D eigenvalue weighted by Crippen LogP contribution is -2.50. The molecule has 20 heavy (non-hydrogen) atoms. The van der Waals surface area contributed by atoms with E-state index in [1.54, 1.807) is 28.9 Å². The molecule has 5 heteroatoms. The first-order chi connectivity index (χ1) is 9.60. The maximum absolute atomic E-state index is 12.2. The lowest BCUT2D eigenvalue weighted by molar-refractivity contribution is -0.138. The van der Waals surface area contributed by atoms with Crippen LogP contribution >= 0.6 is 0 Å². The number of amides is 2. The monoisotopic (exact) mass is 271 g/mol. The Kier molecular flexibility index (Phi) is 4.36. The third kappa shape index (κ3) is 3.35. The fraction of sp³-hybridized carbons (Fsp3) is 0.400. The summed E-state index contributed by atoms with van der Waals surface area (Å²) < 4.78 is 0. The van der Waals surface area contributed by atoms with Crippen LogP contribution in [0.1, 0.15) is 18.1 Å². The van der Waals surface area contributed by atoms with Crippen LogP contribution in [0.15, 0.2) is 24.3 Å². The topological polar surface area (TPSA) is 64.4 Å². The third-order valence-corrected chi connectivity index (χ3v) is 3.52. The molecular formula is C15H17N3O2. The van der Waals surface area contributed by atoms with Crippen LogP contribution in [-0.2, 0) is 16.0 Å². The van der Waals surface area contributed by atoms with Crippen LogP contribution in [-0.4, -0.2) is 47.8 Å². The van der Waals surface area contributed by atoms with Crippen molar-refractivity contribution < 1.29 is 9.59 Å². The number of nitriles is 1. The molecule has 0 saturated carbocycles. The van der Waals surface area contributed by atoms with Crippen molar-refractivity contribution in [3.63, 3.8) is 0 Å². The molecule has 0 N–H and O–H groups in total. The molecule has 0 aromatic heterocycles. The van der Waals surface area contributed by atoms with Crippen molar-refractivity contribution in [3.8, 4) is 6.07 Å². The molecule has 1 aromatic rings. The first-order valence-corrected chi connectivity index (χ1v) is 6.62. The molecule has 2 rings (SSSR count). The molecular weight excluding hydrogens is 254 g/mol. The summed E-state index contributed by atoms with van der Waals surface area (Å²) in [7, 11) is 0. The zero-order valence-electron chi connectivity index (χ0n) is 11.5. The Hall–Kier alpha value is -2.35. The number of nitrogens with zero attached hydrogens (tertiary/aromatic N) is 3. The molecule has 1 aromatic carbocycles.